The van der Waals surface area contributed by atoms with Crippen molar-refractivity contribution in [1.29, 1.82) is 0 Å². The molecule has 1 aromatic rings. The number of nitrogens with zero attached hydrogens (tertiary/aromatic N) is 3. The second-order valence-electron chi connectivity index (χ2n) is 5.69. The number of nitrogens with one attached hydrogen (secondary N) is 1. The van der Waals surface area contributed by atoms with Crippen LogP contribution in [0.15, 0.2) is 6.07 Å². The van der Waals surface area contributed by atoms with Crippen molar-refractivity contribution in [1.82, 2.24) is 9.97 Å². The third-order valence-electron chi connectivity index (χ3n) is 3.88. The van der Waals surface area contributed by atoms with Gasteiger partial charge in [0.2, 0.25) is 5.95 Å². The van der Waals surface area contributed by atoms with Gasteiger partial charge in [0.15, 0.2) is 5.69 Å². The number of hydrogen-bond donors (Lipinski definition) is 1. The number of ether oxygens (including phenoxy) is 1. The number of rotatable bonds is 3. The molecule has 3 rings (SSSR count). The van der Waals surface area contributed by atoms with Gasteiger partial charge in [0.05, 0.1) is 18.2 Å². The molecule has 2 aliphatic rings. The summed E-state index contributed by atoms with van der Waals surface area (Å²) in [6.45, 7) is 0. The highest BCUT2D eigenvalue weighted by Crippen LogP contribution is 2.36. The summed E-state index contributed by atoms with van der Waals surface area (Å²) in [5.41, 5.74) is -0.937. The Hall–Kier alpha value is -1.57. The fraction of sp³-hybridized carbons (Fsp3) is 0.692. The molecular formula is C13H17F3N4O. The molecule has 3 atom stereocenters. The molecule has 0 radical (unpaired) electrons. The summed E-state index contributed by atoms with van der Waals surface area (Å²) >= 11 is 0. The number of halogens is 3. The molecule has 5 nitrogen and oxygen atoms in total. The maximum absolute atomic E-state index is 12.9. The van der Waals surface area contributed by atoms with Gasteiger partial charge in [0.25, 0.3) is 0 Å². The molecular weight excluding hydrogens is 285 g/mol. The van der Waals surface area contributed by atoms with E-state index in [0.717, 1.165) is 25.3 Å². The summed E-state index contributed by atoms with van der Waals surface area (Å²) < 4.78 is 44.4. The summed E-state index contributed by atoms with van der Waals surface area (Å²) in [4.78, 5) is 9.27. The van der Waals surface area contributed by atoms with Crippen LogP contribution in [-0.2, 0) is 10.9 Å². The van der Waals surface area contributed by atoms with Crippen molar-refractivity contribution in [2.75, 3.05) is 24.3 Å². The molecule has 1 N–H and O–H groups in total. The van der Waals surface area contributed by atoms with Gasteiger partial charge in [-0.2, -0.15) is 18.2 Å². The molecule has 2 aliphatic heterocycles. The molecule has 0 aliphatic carbocycles. The van der Waals surface area contributed by atoms with Gasteiger partial charge in [-0.15, -0.1) is 0 Å². The van der Waals surface area contributed by atoms with E-state index < -0.39 is 11.9 Å². The smallest absolute Gasteiger partial charge is 0.373 e. The number of fused-ring (bicyclic) bond motifs is 2. The minimum Gasteiger partial charge on any atom is -0.373 e. The lowest BCUT2D eigenvalue weighted by Crippen LogP contribution is -2.32. The standard InChI is InChI=1S/C13H17F3N4O/c1-20(2)11-6-10(13(14,15)16)18-12(19-11)17-8-5-7-3-4-9(8)21-7/h6-9H,3-5H2,1-2H3,(H,17,18,19). The Morgan fingerprint density at radius 3 is 2.57 bits per heavy atom. The number of aromatic nitrogens is 2. The lowest BCUT2D eigenvalue weighted by Gasteiger charge is -2.22. The number of alkyl halides is 3. The van der Waals surface area contributed by atoms with E-state index in [2.05, 4.69) is 15.3 Å². The molecule has 0 amide bonds. The average Bonchev–Trinajstić information content (AvgIpc) is 2.99. The van der Waals surface area contributed by atoms with Crippen LogP contribution >= 0.6 is 0 Å². The van der Waals surface area contributed by atoms with Gasteiger partial charge >= 0.3 is 6.18 Å². The van der Waals surface area contributed by atoms with Crippen LogP contribution in [0.1, 0.15) is 25.0 Å². The van der Waals surface area contributed by atoms with Crippen molar-refractivity contribution < 1.29 is 17.9 Å². The molecule has 0 saturated carbocycles. The van der Waals surface area contributed by atoms with Crippen molar-refractivity contribution in [3.63, 3.8) is 0 Å². The van der Waals surface area contributed by atoms with Crippen molar-refractivity contribution in [2.24, 2.45) is 0 Å². The largest absolute Gasteiger partial charge is 0.433 e. The molecule has 2 saturated heterocycles. The lowest BCUT2D eigenvalue weighted by atomic mass is 9.96. The van der Waals surface area contributed by atoms with E-state index in [1.54, 1.807) is 14.1 Å². The Morgan fingerprint density at radius 2 is 2.05 bits per heavy atom. The van der Waals surface area contributed by atoms with Crippen molar-refractivity contribution in [3.05, 3.63) is 11.8 Å². The molecule has 116 valence electrons. The first-order valence-corrected chi connectivity index (χ1v) is 6.88. The highest BCUT2D eigenvalue weighted by molar-refractivity contribution is 5.45. The van der Waals surface area contributed by atoms with Crippen LogP contribution in [0.4, 0.5) is 24.9 Å². The second-order valence-corrected chi connectivity index (χ2v) is 5.69. The SMILES string of the molecule is CN(C)c1cc(C(F)(F)F)nc(NC2CC3CCC2O3)n1. The Balaban J connectivity index is 1.85. The first-order chi connectivity index (χ1) is 9.83. The quantitative estimate of drug-likeness (QED) is 0.928. The molecule has 21 heavy (non-hydrogen) atoms. The molecule has 8 heteroatoms. The lowest BCUT2D eigenvalue weighted by molar-refractivity contribution is -0.141. The van der Waals surface area contributed by atoms with Crippen molar-refractivity contribution in [2.45, 2.75) is 43.7 Å². The highest BCUT2D eigenvalue weighted by Gasteiger charge is 2.41. The monoisotopic (exact) mass is 302 g/mol. The maximum Gasteiger partial charge on any atom is 0.433 e. The fourth-order valence-electron chi connectivity index (χ4n) is 2.83. The summed E-state index contributed by atoms with van der Waals surface area (Å²) in [5.74, 6) is 0.235. The van der Waals surface area contributed by atoms with Crippen LogP contribution < -0.4 is 10.2 Å². The van der Waals surface area contributed by atoms with Gasteiger partial charge in [0, 0.05) is 20.2 Å². The summed E-state index contributed by atoms with van der Waals surface area (Å²) in [5, 5.41) is 3.01. The number of anilines is 2. The van der Waals surface area contributed by atoms with Crippen LogP contribution in [0.5, 0.6) is 0 Å². The van der Waals surface area contributed by atoms with E-state index >= 15 is 0 Å². The van der Waals surface area contributed by atoms with Crippen LogP contribution in [0, 0.1) is 0 Å². The molecule has 2 fully saturated rings. The van der Waals surface area contributed by atoms with E-state index in [9.17, 15) is 13.2 Å². The molecule has 3 unspecified atom stereocenters. The van der Waals surface area contributed by atoms with Crippen LogP contribution in [0.2, 0.25) is 0 Å². The van der Waals surface area contributed by atoms with E-state index in [1.807, 2.05) is 0 Å². The zero-order valence-electron chi connectivity index (χ0n) is 11.8. The number of hydrogen-bond acceptors (Lipinski definition) is 5. The molecule has 0 aromatic carbocycles. The van der Waals surface area contributed by atoms with E-state index in [0.29, 0.717) is 0 Å². The maximum atomic E-state index is 12.9. The average molecular weight is 302 g/mol. The third-order valence-corrected chi connectivity index (χ3v) is 3.88. The second kappa shape index (κ2) is 5.01. The van der Waals surface area contributed by atoms with E-state index in [4.69, 9.17) is 4.74 Å². The predicted molar refractivity (Wildman–Crippen MR) is 71.3 cm³/mol. The van der Waals surface area contributed by atoms with Crippen LogP contribution in [0.25, 0.3) is 0 Å². The first-order valence-electron chi connectivity index (χ1n) is 6.88. The highest BCUT2D eigenvalue weighted by atomic mass is 19.4. The van der Waals surface area contributed by atoms with Crippen LogP contribution in [0.3, 0.4) is 0 Å². The molecule has 0 spiro atoms. The summed E-state index contributed by atoms with van der Waals surface area (Å²) in [6.07, 6.45) is -1.48. The molecule has 2 bridgehead atoms. The van der Waals surface area contributed by atoms with Gasteiger partial charge < -0.3 is 15.0 Å². The predicted octanol–water partition coefficient (Wildman–Crippen LogP) is 2.29. The van der Waals surface area contributed by atoms with Crippen molar-refractivity contribution >= 4 is 11.8 Å². The van der Waals surface area contributed by atoms with Gasteiger partial charge in [-0.3, -0.25) is 0 Å². The minimum atomic E-state index is -4.49. The minimum absolute atomic E-state index is 0.00896. The fourth-order valence-corrected chi connectivity index (χ4v) is 2.83. The Morgan fingerprint density at radius 1 is 1.29 bits per heavy atom. The Labute approximate surface area is 120 Å². The molecule has 3 heterocycles. The Bertz CT molecular complexity index is 535. The van der Waals surface area contributed by atoms with Gasteiger partial charge in [-0.05, 0) is 19.3 Å². The van der Waals surface area contributed by atoms with E-state index in [1.165, 1.54) is 4.90 Å². The normalized spacial score (nSPS) is 28.0. The third kappa shape index (κ3) is 2.90. The van der Waals surface area contributed by atoms with Crippen molar-refractivity contribution in [3.8, 4) is 0 Å². The van der Waals surface area contributed by atoms with Gasteiger partial charge in [0.1, 0.15) is 5.82 Å². The van der Waals surface area contributed by atoms with Gasteiger partial charge in [-0.25, -0.2) is 4.98 Å². The summed E-state index contributed by atoms with van der Waals surface area (Å²) in [6, 6.07) is 0.935. The topological polar surface area (TPSA) is 50.3 Å². The zero-order valence-corrected chi connectivity index (χ0v) is 11.8. The Kier molecular flexibility index (Phi) is 3.43. The van der Waals surface area contributed by atoms with Gasteiger partial charge in [-0.1, -0.05) is 0 Å². The first kappa shape index (κ1) is 14.4. The van der Waals surface area contributed by atoms with Crippen LogP contribution in [-0.4, -0.2) is 42.3 Å². The van der Waals surface area contributed by atoms with E-state index in [-0.39, 0.29) is 30.0 Å². The zero-order chi connectivity index (χ0) is 15.2. The summed E-state index contributed by atoms with van der Waals surface area (Å²) in [7, 11) is 3.29. The molecule has 1 aromatic heterocycles.